The highest BCUT2D eigenvalue weighted by atomic mass is 16.1. The molecule has 1 saturated heterocycles. The van der Waals surface area contributed by atoms with Crippen molar-refractivity contribution in [3.8, 4) is 22.5 Å². The maximum absolute atomic E-state index is 13.0. The summed E-state index contributed by atoms with van der Waals surface area (Å²) in [6.45, 7) is 4.34. The Hall–Kier alpha value is -4.62. The number of aromatic amines is 1. The highest BCUT2D eigenvalue weighted by Crippen LogP contribution is 2.30. The summed E-state index contributed by atoms with van der Waals surface area (Å²) in [5.74, 6) is 0.942. The number of H-pyrrole nitrogens is 1. The molecule has 0 saturated carbocycles. The number of imidazole rings is 1. The molecule has 7 rings (SSSR count). The normalized spacial score (nSPS) is 14.0. The zero-order valence-electron chi connectivity index (χ0n) is 24.4. The topological polar surface area (TPSA) is 79.7 Å². The molecule has 0 spiro atoms. The van der Waals surface area contributed by atoms with Crippen molar-refractivity contribution >= 4 is 22.1 Å². The number of aryl methyl sites for hydroxylation is 3. The van der Waals surface area contributed by atoms with Crippen molar-refractivity contribution in [3.05, 3.63) is 113 Å². The molecule has 4 heterocycles. The molecule has 0 radical (unpaired) electrons. The van der Waals surface area contributed by atoms with Crippen molar-refractivity contribution < 1.29 is 0 Å². The molecular formula is C36H36N6O. The molecule has 7 heteroatoms. The Morgan fingerprint density at radius 2 is 1.47 bits per heavy atom. The van der Waals surface area contributed by atoms with Crippen LogP contribution >= 0.6 is 0 Å². The zero-order valence-corrected chi connectivity index (χ0v) is 24.4. The van der Waals surface area contributed by atoms with E-state index in [0.29, 0.717) is 12.1 Å². The second-order valence-corrected chi connectivity index (χ2v) is 11.5. The molecule has 3 aromatic heterocycles. The van der Waals surface area contributed by atoms with Gasteiger partial charge in [0, 0.05) is 24.5 Å². The van der Waals surface area contributed by atoms with E-state index in [1.165, 1.54) is 37.9 Å². The lowest BCUT2D eigenvalue weighted by Gasteiger charge is -2.26. The summed E-state index contributed by atoms with van der Waals surface area (Å²) in [5, 5.41) is 0. The number of hydrogen-bond donors (Lipinski definition) is 1. The van der Waals surface area contributed by atoms with E-state index in [9.17, 15) is 4.79 Å². The van der Waals surface area contributed by atoms with Gasteiger partial charge >= 0.3 is 0 Å². The summed E-state index contributed by atoms with van der Waals surface area (Å²) in [6.07, 6.45) is 10.0. The zero-order chi connectivity index (χ0) is 29.0. The summed E-state index contributed by atoms with van der Waals surface area (Å²) < 4.78 is 2.34. The van der Waals surface area contributed by atoms with E-state index in [1.807, 2.05) is 48.8 Å². The Balaban J connectivity index is 1.24. The van der Waals surface area contributed by atoms with Crippen molar-refractivity contribution in [2.75, 3.05) is 19.6 Å². The molecule has 3 aromatic carbocycles. The number of rotatable bonds is 9. The van der Waals surface area contributed by atoms with Crippen LogP contribution in [-0.2, 0) is 19.4 Å². The number of nitrogens with zero attached hydrogens (tertiary/aromatic N) is 5. The van der Waals surface area contributed by atoms with Gasteiger partial charge in [0.25, 0.3) is 5.56 Å². The maximum atomic E-state index is 13.0. The predicted octanol–water partition coefficient (Wildman–Crippen LogP) is 6.66. The van der Waals surface area contributed by atoms with Gasteiger partial charge in [-0.2, -0.15) is 0 Å². The number of piperidine rings is 1. The highest BCUT2D eigenvalue weighted by Gasteiger charge is 2.17. The largest absolute Gasteiger partial charge is 0.324 e. The number of fused-ring (bicyclic) bond motifs is 2. The van der Waals surface area contributed by atoms with E-state index in [2.05, 4.69) is 61.9 Å². The van der Waals surface area contributed by atoms with Crippen LogP contribution in [0.5, 0.6) is 0 Å². The van der Waals surface area contributed by atoms with Crippen LogP contribution in [0.2, 0.25) is 0 Å². The summed E-state index contributed by atoms with van der Waals surface area (Å²) in [7, 11) is 0. The molecule has 0 aliphatic carbocycles. The van der Waals surface area contributed by atoms with E-state index in [1.54, 1.807) is 0 Å². The molecule has 0 bridgehead atoms. The molecule has 0 atom stereocenters. The molecule has 1 aliphatic heterocycles. The number of nitrogens with one attached hydrogen (secondary N) is 1. The average molecular weight is 569 g/mol. The highest BCUT2D eigenvalue weighted by molar-refractivity contribution is 5.93. The molecule has 0 unspecified atom stereocenters. The number of likely N-dealkylation sites (tertiary alicyclic amines) is 1. The van der Waals surface area contributed by atoms with Crippen LogP contribution in [-0.4, -0.2) is 49.0 Å². The van der Waals surface area contributed by atoms with E-state index >= 15 is 0 Å². The van der Waals surface area contributed by atoms with Gasteiger partial charge in [0.2, 0.25) is 0 Å². The van der Waals surface area contributed by atoms with Crippen molar-refractivity contribution in [1.29, 1.82) is 0 Å². The van der Waals surface area contributed by atoms with Gasteiger partial charge < -0.3 is 14.5 Å². The van der Waals surface area contributed by atoms with Gasteiger partial charge in [-0.1, -0.05) is 61.0 Å². The fourth-order valence-electron chi connectivity index (χ4n) is 6.26. The summed E-state index contributed by atoms with van der Waals surface area (Å²) in [5.41, 5.74) is 8.43. The maximum Gasteiger partial charge on any atom is 0.270 e. The van der Waals surface area contributed by atoms with Gasteiger partial charge in [-0.05, 0) is 92.7 Å². The first-order chi connectivity index (χ1) is 21.2. The summed E-state index contributed by atoms with van der Waals surface area (Å²) in [6, 6.07) is 27.0. The third kappa shape index (κ3) is 5.99. The van der Waals surface area contributed by atoms with E-state index in [-0.39, 0.29) is 5.56 Å². The van der Waals surface area contributed by atoms with Crippen LogP contribution in [0.1, 0.15) is 36.9 Å². The Bertz CT molecular complexity index is 1890. The molecule has 216 valence electrons. The Labute approximate surface area is 251 Å². The molecular weight excluding hydrogens is 532 g/mol. The lowest BCUT2D eigenvalue weighted by Crippen LogP contribution is -2.31. The van der Waals surface area contributed by atoms with E-state index in [0.717, 1.165) is 70.5 Å². The van der Waals surface area contributed by atoms with Crippen LogP contribution < -0.4 is 5.56 Å². The van der Waals surface area contributed by atoms with Gasteiger partial charge in [-0.25, -0.2) is 9.97 Å². The van der Waals surface area contributed by atoms with E-state index < -0.39 is 0 Å². The molecule has 43 heavy (non-hydrogen) atoms. The van der Waals surface area contributed by atoms with Crippen LogP contribution in [0.4, 0.5) is 0 Å². The van der Waals surface area contributed by atoms with Crippen LogP contribution in [0.15, 0.2) is 96.1 Å². The molecule has 0 amide bonds. The third-order valence-corrected chi connectivity index (χ3v) is 8.59. The lowest BCUT2D eigenvalue weighted by atomic mass is 10.0. The second kappa shape index (κ2) is 12.3. The Morgan fingerprint density at radius 1 is 0.721 bits per heavy atom. The predicted molar refractivity (Wildman–Crippen MR) is 173 cm³/mol. The smallest absolute Gasteiger partial charge is 0.270 e. The second-order valence-electron chi connectivity index (χ2n) is 11.5. The standard InChI is InChI=1S/C36H36N6O/c43-36-30(15-10-26-8-3-1-4-9-26)38-32-25-34-33(24-31(32)40-36)39-35(42(34)23-7-22-41-20-5-2-6-21-41)29-13-11-27(12-14-29)28-16-18-37-19-17-28/h1,3-4,8-9,11-14,16-19,24-25H,2,5-7,10,15,20-23H2,(H,40,43). The first kappa shape index (κ1) is 27.2. The molecule has 1 N–H and O–H groups in total. The number of hydrogen-bond acceptors (Lipinski definition) is 5. The van der Waals surface area contributed by atoms with E-state index in [4.69, 9.17) is 9.97 Å². The summed E-state index contributed by atoms with van der Waals surface area (Å²) in [4.78, 5) is 32.8. The quantitative estimate of drug-likeness (QED) is 0.211. The average Bonchev–Trinajstić information content (AvgIpc) is 3.41. The van der Waals surface area contributed by atoms with Gasteiger partial charge in [-0.3, -0.25) is 9.78 Å². The Kier molecular flexibility index (Phi) is 7.80. The Morgan fingerprint density at radius 3 is 2.26 bits per heavy atom. The van der Waals surface area contributed by atoms with Crippen LogP contribution in [0, 0.1) is 0 Å². The van der Waals surface area contributed by atoms with Gasteiger partial charge in [0.15, 0.2) is 0 Å². The number of aromatic nitrogens is 5. The first-order valence-electron chi connectivity index (χ1n) is 15.4. The lowest BCUT2D eigenvalue weighted by molar-refractivity contribution is 0.223. The molecule has 1 fully saturated rings. The fraction of sp³-hybridized carbons (Fsp3) is 0.278. The molecule has 7 nitrogen and oxygen atoms in total. The first-order valence-corrected chi connectivity index (χ1v) is 15.4. The monoisotopic (exact) mass is 568 g/mol. The fourth-order valence-corrected chi connectivity index (χ4v) is 6.26. The third-order valence-electron chi connectivity index (χ3n) is 8.59. The minimum atomic E-state index is -0.129. The SMILES string of the molecule is O=c1[nH]c2cc3nc(-c4ccc(-c5ccncc5)cc4)n(CCCN4CCCCC4)c3cc2nc1CCc1ccccc1. The minimum Gasteiger partial charge on any atom is -0.324 e. The van der Waals surface area contributed by atoms with Gasteiger partial charge in [0.05, 0.1) is 22.1 Å². The van der Waals surface area contributed by atoms with Crippen molar-refractivity contribution in [1.82, 2.24) is 29.4 Å². The van der Waals surface area contributed by atoms with Crippen molar-refractivity contribution in [3.63, 3.8) is 0 Å². The van der Waals surface area contributed by atoms with Gasteiger partial charge in [0.1, 0.15) is 11.5 Å². The molecule has 1 aliphatic rings. The van der Waals surface area contributed by atoms with Crippen molar-refractivity contribution in [2.24, 2.45) is 0 Å². The van der Waals surface area contributed by atoms with Crippen LogP contribution in [0.25, 0.3) is 44.6 Å². The molecule has 6 aromatic rings. The van der Waals surface area contributed by atoms with Crippen LogP contribution in [0.3, 0.4) is 0 Å². The number of pyridine rings is 1. The number of benzene rings is 3. The van der Waals surface area contributed by atoms with Gasteiger partial charge in [-0.15, -0.1) is 0 Å². The summed E-state index contributed by atoms with van der Waals surface area (Å²) >= 11 is 0. The van der Waals surface area contributed by atoms with Crippen molar-refractivity contribution in [2.45, 2.75) is 45.1 Å². The minimum absolute atomic E-state index is 0.129.